The third kappa shape index (κ3) is 3.36. The number of hydrogen-bond donors (Lipinski definition) is 2. The lowest BCUT2D eigenvalue weighted by Gasteiger charge is -2.18. The predicted octanol–water partition coefficient (Wildman–Crippen LogP) is 2.70. The lowest BCUT2D eigenvalue weighted by Crippen LogP contribution is -2.22. The molecule has 0 aliphatic heterocycles. The molecule has 0 aromatic carbocycles. The normalized spacial score (nSPS) is 18.3. The van der Waals surface area contributed by atoms with E-state index in [1.54, 1.807) is 36.8 Å². The van der Waals surface area contributed by atoms with Crippen LogP contribution in [-0.2, 0) is 9.53 Å². The van der Waals surface area contributed by atoms with Gasteiger partial charge in [0.05, 0.1) is 7.11 Å². The molecule has 0 spiro atoms. The highest BCUT2D eigenvalue weighted by Gasteiger charge is 2.24. The van der Waals surface area contributed by atoms with Crippen LogP contribution in [0.5, 0.6) is 0 Å². The van der Waals surface area contributed by atoms with Crippen molar-refractivity contribution >= 4 is 23.1 Å². The first-order chi connectivity index (χ1) is 11.7. The molecule has 6 nitrogen and oxygen atoms in total. The highest BCUT2D eigenvalue weighted by atomic mass is 32.1. The molecule has 2 heterocycles. The Hall–Kier alpha value is -2.93. The monoisotopic (exact) mass is 340 g/mol. The van der Waals surface area contributed by atoms with Gasteiger partial charge in [-0.15, -0.1) is 11.3 Å². The third-order valence-electron chi connectivity index (χ3n) is 3.51. The Morgan fingerprint density at radius 2 is 2.21 bits per heavy atom. The Kier molecular flexibility index (Phi) is 4.72. The van der Waals surface area contributed by atoms with E-state index in [4.69, 9.17) is 10.5 Å². The molecule has 2 aromatic heterocycles. The van der Waals surface area contributed by atoms with E-state index in [1.807, 2.05) is 17.5 Å². The van der Waals surface area contributed by atoms with E-state index in [2.05, 4.69) is 15.3 Å². The summed E-state index contributed by atoms with van der Waals surface area (Å²) in [6.45, 7) is 0. The molecule has 122 valence electrons. The number of allylic oxidation sites excluding steroid dienone is 3. The SMILES string of the molecule is COC(=O)C1C=CC=C(N)C1=CNc1csc(-c2ccncc2)n1. The predicted molar refractivity (Wildman–Crippen MR) is 94.0 cm³/mol. The van der Waals surface area contributed by atoms with Crippen LogP contribution in [0.25, 0.3) is 10.6 Å². The first kappa shape index (κ1) is 15.9. The van der Waals surface area contributed by atoms with Gasteiger partial charge in [0.1, 0.15) is 16.7 Å². The molecule has 3 N–H and O–H groups in total. The van der Waals surface area contributed by atoms with Gasteiger partial charge < -0.3 is 15.8 Å². The number of carbonyl (C=O) groups is 1. The standard InChI is InChI=1S/C17H16N4O2S/c1-23-17(22)12-3-2-4-14(18)13(12)9-20-15-10-24-16(21-15)11-5-7-19-8-6-11/h2-10,12,20H,18H2,1H3. The topological polar surface area (TPSA) is 90.1 Å². The molecular formula is C17H16N4O2S. The number of thiazole rings is 1. The molecule has 2 aromatic rings. The smallest absolute Gasteiger partial charge is 0.317 e. The fourth-order valence-corrected chi connectivity index (χ4v) is 3.04. The summed E-state index contributed by atoms with van der Waals surface area (Å²) in [5.74, 6) is -0.192. The van der Waals surface area contributed by atoms with Gasteiger partial charge in [0.25, 0.3) is 0 Å². The first-order valence-electron chi connectivity index (χ1n) is 7.23. The number of hydrogen-bond acceptors (Lipinski definition) is 7. The van der Waals surface area contributed by atoms with E-state index in [0.717, 1.165) is 10.6 Å². The molecule has 3 rings (SSSR count). The number of methoxy groups -OCH3 is 1. The molecule has 1 aliphatic carbocycles. The number of ether oxygens (including phenoxy) is 1. The third-order valence-corrected chi connectivity index (χ3v) is 4.40. The maximum absolute atomic E-state index is 11.9. The zero-order valence-electron chi connectivity index (χ0n) is 13.0. The quantitative estimate of drug-likeness (QED) is 0.832. The van der Waals surface area contributed by atoms with Crippen LogP contribution in [0.3, 0.4) is 0 Å². The van der Waals surface area contributed by atoms with Crippen molar-refractivity contribution in [3.63, 3.8) is 0 Å². The molecule has 0 amide bonds. The molecule has 0 saturated carbocycles. The number of aromatic nitrogens is 2. The summed E-state index contributed by atoms with van der Waals surface area (Å²) in [5, 5.41) is 5.89. The first-order valence-corrected chi connectivity index (χ1v) is 8.11. The zero-order valence-corrected chi connectivity index (χ0v) is 13.8. The summed E-state index contributed by atoms with van der Waals surface area (Å²) in [5.41, 5.74) is 8.17. The molecule has 7 heteroatoms. The van der Waals surface area contributed by atoms with Crippen LogP contribution in [0.2, 0.25) is 0 Å². The van der Waals surface area contributed by atoms with Crippen LogP contribution < -0.4 is 11.1 Å². The van der Waals surface area contributed by atoms with E-state index in [9.17, 15) is 4.79 Å². The van der Waals surface area contributed by atoms with Gasteiger partial charge in [0, 0.05) is 40.8 Å². The van der Waals surface area contributed by atoms with Crippen molar-refractivity contribution in [2.75, 3.05) is 12.4 Å². The minimum atomic E-state index is -0.522. The van der Waals surface area contributed by atoms with Gasteiger partial charge in [-0.05, 0) is 18.2 Å². The highest BCUT2D eigenvalue weighted by Crippen LogP contribution is 2.27. The van der Waals surface area contributed by atoms with Crippen LogP contribution in [0, 0.1) is 5.92 Å². The Morgan fingerprint density at radius 1 is 1.42 bits per heavy atom. The largest absolute Gasteiger partial charge is 0.468 e. The molecule has 24 heavy (non-hydrogen) atoms. The van der Waals surface area contributed by atoms with Crippen molar-refractivity contribution in [2.45, 2.75) is 0 Å². The molecule has 1 unspecified atom stereocenters. The summed E-state index contributed by atoms with van der Waals surface area (Å²) in [7, 11) is 1.36. The zero-order chi connectivity index (χ0) is 16.9. The van der Waals surface area contributed by atoms with Gasteiger partial charge >= 0.3 is 5.97 Å². The van der Waals surface area contributed by atoms with E-state index >= 15 is 0 Å². The Labute approximate surface area is 143 Å². The van der Waals surface area contributed by atoms with Crippen molar-refractivity contribution in [3.05, 3.63) is 65.6 Å². The van der Waals surface area contributed by atoms with E-state index in [1.165, 1.54) is 18.4 Å². The molecule has 0 bridgehead atoms. The van der Waals surface area contributed by atoms with Gasteiger partial charge in [0.15, 0.2) is 0 Å². The second kappa shape index (κ2) is 7.10. The minimum Gasteiger partial charge on any atom is -0.468 e. The van der Waals surface area contributed by atoms with E-state index in [0.29, 0.717) is 17.1 Å². The number of nitrogens with zero attached hydrogens (tertiary/aromatic N) is 2. The lowest BCUT2D eigenvalue weighted by molar-refractivity contribution is -0.142. The summed E-state index contributed by atoms with van der Waals surface area (Å²) >= 11 is 1.52. The molecule has 0 radical (unpaired) electrons. The van der Waals surface area contributed by atoms with Crippen molar-refractivity contribution in [1.82, 2.24) is 9.97 Å². The van der Waals surface area contributed by atoms with Crippen molar-refractivity contribution < 1.29 is 9.53 Å². The molecular weight excluding hydrogens is 324 g/mol. The number of pyridine rings is 1. The summed E-state index contributed by atoms with van der Waals surface area (Å²) < 4.78 is 4.82. The molecule has 1 atom stereocenters. The maximum Gasteiger partial charge on any atom is 0.317 e. The number of nitrogens with two attached hydrogens (primary N) is 1. The molecule has 1 aliphatic rings. The molecule has 0 saturated heterocycles. The van der Waals surface area contributed by atoms with Crippen LogP contribution in [0.1, 0.15) is 0 Å². The van der Waals surface area contributed by atoms with Crippen molar-refractivity contribution in [2.24, 2.45) is 11.7 Å². The second-order valence-electron chi connectivity index (χ2n) is 5.03. The minimum absolute atomic E-state index is 0.355. The highest BCUT2D eigenvalue weighted by molar-refractivity contribution is 7.13. The Balaban J connectivity index is 1.79. The van der Waals surface area contributed by atoms with Gasteiger partial charge in [-0.25, -0.2) is 4.98 Å². The van der Waals surface area contributed by atoms with Crippen LogP contribution >= 0.6 is 11.3 Å². The van der Waals surface area contributed by atoms with Gasteiger partial charge in [-0.3, -0.25) is 9.78 Å². The number of carbonyl (C=O) groups excluding carboxylic acids is 1. The number of anilines is 1. The fourth-order valence-electron chi connectivity index (χ4n) is 2.27. The Morgan fingerprint density at radius 3 is 2.96 bits per heavy atom. The summed E-state index contributed by atoms with van der Waals surface area (Å²) in [6.07, 6.45) is 10.4. The fraction of sp³-hybridized carbons (Fsp3) is 0.118. The second-order valence-corrected chi connectivity index (χ2v) is 5.88. The van der Waals surface area contributed by atoms with Crippen molar-refractivity contribution in [1.29, 1.82) is 0 Å². The molecule has 0 fully saturated rings. The van der Waals surface area contributed by atoms with Crippen LogP contribution in [0.15, 0.2) is 65.6 Å². The van der Waals surface area contributed by atoms with E-state index in [-0.39, 0.29) is 5.97 Å². The summed E-state index contributed by atoms with van der Waals surface area (Å²) in [6, 6.07) is 3.81. The van der Waals surface area contributed by atoms with Crippen LogP contribution in [-0.4, -0.2) is 23.0 Å². The average Bonchev–Trinajstić information content (AvgIpc) is 3.09. The number of rotatable bonds is 4. The van der Waals surface area contributed by atoms with Crippen molar-refractivity contribution in [3.8, 4) is 10.6 Å². The Bertz CT molecular complexity index is 824. The number of esters is 1. The maximum atomic E-state index is 11.9. The average molecular weight is 340 g/mol. The van der Waals surface area contributed by atoms with E-state index < -0.39 is 5.92 Å². The van der Waals surface area contributed by atoms with Crippen LogP contribution in [0.4, 0.5) is 5.82 Å². The van der Waals surface area contributed by atoms with Gasteiger partial charge in [-0.2, -0.15) is 0 Å². The van der Waals surface area contributed by atoms with Gasteiger partial charge in [0.2, 0.25) is 0 Å². The van der Waals surface area contributed by atoms with Gasteiger partial charge in [-0.1, -0.05) is 12.2 Å². The number of nitrogens with one attached hydrogen (secondary N) is 1. The lowest BCUT2D eigenvalue weighted by atomic mass is 9.93. The summed E-state index contributed by atoms with van der Waals surface area (Å²) in [4.78, 5) is 20.4.